The number of ether oxygens (including phenoxy) is 1. The van der Waals surface area contributed by atoms with Crippen LogP contribution in [0.2, 0.25) is 0 Å². The van der Waals surface area contributed by atoms with Crippen LogP contribution in [0.5, 0.6) is 0 Å². The van der Waals surface area contributed by atoms with E-state index in [0.717, 1.165) is 5.56 Å². The molecule has 0 spiro atoms. The minimum atomic E-state index is -1.13. The Bertz CT molecular complexity index is 603. The van der Waals surface area contributed by atoms with Crippen LogP contribution in [0.3, 0.4) is 0 Å². The van der Waals surface area contributed by atoms with Crippen LogP contribution in [0.25, 0.3) is 0 Å². The molecule has 1 atom stereocenters. The minimum Gasteiger partial charge on any atom is -0.463 e. The monoisotopic (exact) mass is 264 g/mol. The molecule has 19 heavy (non-hydrogen) atoms. The molecule has 0 radical (unpaired) electrons. The Balaban J connectivity index is 2.33. The van der Waals surface area contributed by atoms with E-state index < -0.39 is 17.9 Å². The van der Waals surface area contributed by atoms with Gasteiger partial charge in [-0.05, 0) is 42.3 Å². The number of carbonyl (C=O) groups excluding carboxylic acids is 1. The van der Waals surface area contributed by atoms with E-state index in [1.807, 2.05) is 0 Å². The van der Waals surface area contributed by atoms with Crippen molar-refractivity contribution in [1.29, 1.82) is 0 Å². The number of esters is 1. The lowest BCUT2D eigenvalue weighted by Gasteiger charge is -2.11. The largest absolute Gasteiger partial charge is 0.463 e. The number of aliphatic hydroxyl groups is 1. The Hall–Kier alpha value is -2.14. The van der Waals surface area contributed by atoms with Crippen molar-refractivity contribution < 1.29 is 23.4 Å². The molecule has 2 aromatic rings. The van der Waals surface area contributed by atoms with Crippen LogP contribution < -0.4 is 0 Å². The molecule has 1 aromatic carbocycles. The third-order valence-electron chi connectivity index (χ3n) is 2.82. The zero-order valence-electron chi connectivity index (χ0n) is 10.5. The summed E-state index contributed by atoms with van der Waals surface area (Å²) in [4.78, 5) is 11.2. The Kier molecular flexibility index (Phi) is 3.66. The molecular formula is C14H13FO4. The summed E-state index contributed by atoms with van der Waals surface area (Å²) in [7, 11) is 1.23. The van der Waals surface area contributed by atoms with Crippen molar-refractivity contribution in [1.82, 2.24) is 0 Å². The van der Waals surface area contributed by atoms with Gasteiger partial charge < -0.3 is 14.3 Å². The van der Waals surface area contributed by atoms with Gasteiger partial charge in [-0.1, -0.05) is 6.07 Å². The molecule has 2 rings (SSSR count). The second-order valence-electron chi connectivity index (χ2n) is 4.10. The number of halogens is 1. The number of methoxy groups -OCH3 is 1. The molecule has 5 heteroatoms. The highest BCUT2D eigenvalue weighted by atomic mass is 19.1. The first-order valence-corrected chi connectivity index (χ1v) is 5.65. The topological polar surface area (TPSA) is 59.7 Å². The third-order valence-corrected chi connectivity index (χ3v) is 2.82. The van der Waals surface area contributed by atoms with Gasteiger partial charge in [0.25, 0.3) is 0 Å². The fraction of sp³-hybridized carbons (Fsp3) is 0.214. The summed E-state index contributed by atoms with van der Waals surface area (Å²) in [6.07, 6.45) is -1.13. The Morgan fingerprint density at radius 1 is 1.37 bits per heavy atom. The normalized spacial score (nSPS) is 12.2. The highest BCUT2D eigenvalue weighted by Crippen LogP contribution is 2.27. The maximum Gasteiger partial charge on any atom is 0.373 e. The molecule has 4 nitrogen and oxygen atoms in total. The van der Waals surface area contributed by atoms with Gasteiger partial charge in [-0.25, -0.2) is 9.18 Å². The van der Waals surface area contributed by atoms with E-state index in [0.29, 0.717) is 5.56 Å². The van der Waals surface area contributed by atoms with E-state index in [1.54, 1.807) is 13.0 Å². The molecule has 1 aromatic heterocycles. The quantitative estimate of drug-likeness (QED) is 0.866. The van der Waals surface area contributed by atoms with Crippen LogP contribution in [-0.4, -0.2) is 18.2 Å². The van der Waals surface area contributed by atoms with Crippen molar-refractivity contribution in [3.05, 3.63) is 58.8 Å². The van der Waals surface area contributed by atoms with E-state index in [9.17, 15) is 14.3 Å². The summed E-state index contributed by atoms with van der Waals surface area (Å²) in [5.74, 6) is -0.923. The summed E-state index contributed by atoms with van der Waals surface area (Å²) in [6, 6.07) is 6.98. The van der Waals surface area contributed by atoms with Gasteiger partial charge in [0.15, 0.2) is 0 Å². The lowest BCUT2D eigenvalue weighted by Crippen LogP contribution is -2.02. The molecular weight excluding hydrogens is 251 g/mol. The van der Waals surface area contributed by atoms with Crippen LogP contribution in [0.15, 0.2) is 34.7 Å². The summed E-state index contributed by atoms with van der Waals surface area (Å²) in [6.45, 7) is 1.75. The van der Waals surface area contributed by atoms with Crippen LogP contribution >= 0.6 is 0 Å². The predicted molar refractivity (Wildman–Crippen MR) is 65.2 cm³/mol. The first-order chi connectivity index (χ1) is 9.02. The van der Waals surface area contributed by atoms with E-state index >= 15 is 0 Å². The Morgan fingerprint density at radius 3 is 2.79 bits per heavy atom. The van der Waals surface area contributed by atoms with Crippen molar-refractivity contribution in [2.75, 3.05) is 7.11 Å². The highest BCUT2D eigenvalue weighted by Gasteiger charge is 2.19. The SMILES string of the molecule is COC(=O)c1ccc(C(O)c2cc(F)ccc2C)o1. The first-order valence-electron chi connectivity index (χ1n) is 5.65. The number of rotatable bonds is 3. The van der Waals surface area contributed by atoms with Gasteiger partial charge >= 0.3 is 5.97 Å². The van der Waals surface area contributed by atoms with Gasteiger partial charge in [-0.2, -0.15) is 0 Å². The second kappa shape index (κ2) is 5.24. The zero-order chi connectivity index (χ0) is 14.0. The van der Waals surface area contributed by atoms with Gasteiger partial charge in [0.2, 0.25) is 5.76 Å². The standard InChI is InChI=1S/C14H13FO4/c1-8-3-4-9(15)7-10(8)13(16)11-5-6-12(19-11)14(17)18-2/h3-7,13,16H,1-2H3. The molecule has 100 valence electrons. The molecule has 0 saturated carbocycles. The third kappa shape index (κ3) is 2.66. The van der Waals surface area contributed by atoms with E-state index in [2.05, 4.69) is 4.74 Å². The van der Waals surface area contributed by atoms with E-state index in [4.69, 9.17) is 4.42 Å². The van der Waals surface area contributed by atoms with E-state index in [1.165, 1.54) is 31.4 Å². The molecule has 1 N–H and O–H groups in total. The molecule has 0 aliphatic heterocycles. The maximum atomic E-state index is 13.2. The molecule has 0 saturated heterocycles. The summed E-state index contributed by atoms with van der Waals surface area (Å²) >= 11 is 0. The summed E-state index contributed by atoms with van der Waals surface area (Å²) < 4.78 is 22.9. The lowest BCUT2D eigenvalue weighted by atomic mass is 10.0. The second-order valence-corrected chi connectivity index (χ2v) is 4.10. The number of aryl methyl sites for hydroxylation is 1. The molecule has 1 unspecified atom stereocenters. The zero-order valence-corrected chi connectivity index (χ0v) is 10.5. The van der Waals surface area contributed by atoms with Crippen LogP contribution in [0.1, 0.15) is 33.5 Å². The molecule has 0 bridgehead atoms. The summed E-state index contributed by atoms with van der Waals surface area (Å²) in [5, 5.41) is 10.2. The number of hydrogen-bond donors (Lipinski definition) is 1. The van der Waals surface area contributed by atoms with Gasteiger partial charge in [-0.15, -0.1) is 0 Å². The Morgan fingerprint density at radius 2 is 2.11 bits per heavy atom. The van der Waals surface area contributed by atoms with Gasteiger partial charge in [0.05, 0.1) is 7.11 Å². The molecule has 0 fully saturated rings. The number of hydrogen-bond acceptors (Lipinski definition) is 4. The van der Waals surface area contributed by atoms with Crippen molar-refractivity contribution >= 4 is 5.97 Å². The van der Waals surface area contributed by atoms with Gasteiger partial charge in [0.1, 0.15) is 17.7 Å². The number of benzene rings is 1. The van der Waals surface area contributed by atoms with Gasteiger partial charge in [0, 0.05) is 0 Å². The highest BCUT2D eigenvalue weighted by molar-refractivity contribution is 5.86. The lowest BCUT2D eigenvalue weighted by molar-refractivity contribution is 0.0558. The molecule has 1 heterocycles. The minimum absolute atomic E-state index is 0.00870. The number of aliphatic hydroxyl groups excluding tert-OH is 1. The predicted octanol–water partition coefficient (Wildman–Crippen LogP) is 2.60. The fourth-order valence-electron chi connectivity index (χ4n) is 1.77. The van der Waals surface area contributed by atoms with Crippen molar-refractivity contribution in [2.45, 2.75) is 13.0 Å². The maximum absolute atomic E-state index is 13.2. The number of carbonyl (C=O) groups is 1. The van der Waals surface area contributed by atoms with Crippen LogP contribution in [0.4, 0.5) is 4.39 Å². The molecule has 0 aliphatic carbocycles. The average Bonchev–Trinajstić information content (AvgIpc) is 2.89. The first kappa shape index (κ1) is 13.3. The van der Waals surface area contributed by atoms with Crippen molar-refractivity contribution in [3.8, 4) is 0 Å². The van der Waals surface area contributed by atoms with Crippen molar-refractivity contribution in [3.63, 3.8) is 0 Å². The van der Waals surface area contributed by atoms with Crippen LogP contribution in [-0.2, 0) is 4.74 Å². The van der Waals surface area contributed by atoms with Crippen molar-refractivity contribution in [2.24, 2.45) is 0 Å². The fourth-order valence-corrected chi connectivity index (χ4v) is 1.77. The van der Waals surface area contributed by atoms with E-state index in [-0.39, 0.29) is 11.5 Å². The average molecular weight is 264 g/mol. The smallest absolute Gasteiger partial charge is 0.373 e. The molecule has 0 aliphatic rings. The van der Waals surface area contributed by atoms with Gasteiger partial charge in [-0.3, -0.25) is 0 Å². The van der Waals surface area contributed by atoms with Crippen LogP contribution in [0, 0.1) is 12.7 Å². The number of furan rings is 1. The summed E-state index contributed by atoms with van der Waals surface area (Å²) in [5.41, 5.74) is 1.12. The Labute approximate surface area is 109 Å². The molecule has 0 amide bonds.